The molecule has 2 atom stereocenters. The summed E-state index contributed by atoms with van der Waals surface area (Å²) in [7, 11) is 0. The van der Waals surface area contributed by atoms with Gasteiger partial charge >= 0.3 is 0 Å². The molecule has 0 spiro atoms. The number of fused-ring (bicyclic) bond motifs is 2. The molecule has 0 unspecified atom stereocenters. The number of hydrogen-bond donors (Lipinski definition) is 1. The maximum atomic E-state index is 14.5. The number of benzene rings is 3. The lowest BCUT2D eigenvalue weighted by molar-refractivity contribution is -0.132. The molecule has 3 aromatic rings. The summed E-state index contributed by atoms with van der Waals surface area (Å²) in [5.74, 6) is 1.07. The quantitative estimate of drug-likeness (QED) is 0.215. The lowest BCUT2D eigenvalue weighted by atomic mass is 9.82. The van der Waals surface area contributed by atoms with Crippen molar-refractivity contribution in [2.45, 2.75) is 71.0 Å². The Balaban J connectivity index is 1.18. The molecule has 9 heteroatoms. The summed E-state index contributed by atoms with van der Waals surface area (Å²) in [5.41, 5.74) is 6.46. The summed E-state index contributed by atoms with van der Waals surface area (Å²) >= 11 is 3.41. The van der Waals surface area contributed by atoms with Crippen LogP contribution in [0, 0.1) is 19.7 Å². The van der Waals surface area contributed by atoms with E-state index >= 15 is 0 Å². The molecule has 0 radical (unpaired) electrons. The first kappa shape index (κ1) is 33.2. The number of rotatable bonds is 12. The number of aryl methyl sites for hydroxylation is 3. The molecule has 1 N–H and O–H groups in total. The van der Waals surface area contributed by atoms with E-state index in [0.29, 0.717) is 45.0 Å². The van der Waals surface area contributed by atoms with E-state index in [1.807, 2.05) is 21.9 Å². The zero-order chi connectivity index (χ0) is 33.1. The summed E-state index contributed by atoms with van der Waals surface area (Å²) in [6.45, 7) is 8.27. The Labute approximate surface area is 285 Å². The summed E-state index contributed by atoms with van der Waals surface area (Å²) in [6, 6.07) is 19.1. The predicted octanol–water partition coefficient (Wildman–Crippen LogP) is 6.63. The fourth-order valence-electron chi connectivity index (χ4n) is 6.60. The minimum absolute atomic E-state index is 0.0377. The van der Waals surface area contributed by atoms with Crippen LogP contribution in [0.1, 0.15) is 54.9 Å². The van der Waals surface area contributed by atoms with Crippen molar-refractivity contribution in [3.05, 3.63) is 98.8 Å². The maximum Gasteiger partial charge on any atom is 0.252 e. The third-order valence-electron chi connectivity index (χ3n) is 9.47. The number of piperazine rings is 1. The molecular weight excluding hydrogens is 661 g/mol. The van der Waals surface area contributed by atoms with Gasteiger partial charge in [0.1, 0.15) is 23.9 Å². The summed E-state index contributed by atoms with van der Waals surface area (Å²) < 4.78 is 26.2. The highest BCUT2D eigenvalue weighted by molar-refractivity contribution is 9.10. The molecule has 2 amide bonds. The first-order valence-corrected chi connectivity index (χ1v) is 17.4. The average molecular weight is 705 g/mol. The third kappa shape index (κ3) is 8.07. The van der Waals surface area contributed by atoms with Gasteiger partial charge in [-0.3, -0.25) is 9.59 Å². The molecule has 6 rings (SSSR count). The van der Waals surface area contributed by atoms with Crippen molar-refractivity contribution in [2.24, 2.45) is 0 Å². The molecule has 2 heterocycles. The van der Waals surface area contributed by atoms with E-state index in [-0.39, 0.29) is 35.8 Å². The number of nitrogens with one attached hydrogen (secondary N) is 1. The van der Waals surface area contributed by atoms with E-state index in [1.165, 1.54) is 28.8 Å². The second-order valence-electron chi connectivity index (χ2n) is 13.0. The minimum Gasteiger partial charge on any atom is -0.492 e. The number of nitrogens with zero attached hydrogens (tertiary/aromatic N) is 2. The van der Waals surface area contributed by atoms with Crippen molar-refractivity contribution in [3.8, 4) is 11.5 Å². The first-order valence-electron chi connectivity index (χ1n) is 16.6. The van der Waals surface area contributed by atoms with Gasteiger partial charge in [-0.15, -0.1) is 0 Å². The van der Waals surface area contributed by atoms with Gasteiger partial charge in [0.05, 0.1) is 23.7 Å². The molecule has 47 heavy (non-hydrogen) atoms. The zero-order valence-corrected chi connectivity index (χ0v) is 28.9. The largest absolute Gasteiger partial charge is 0.492 e. The van der Waals surface area contributed by atoms with Crippen LogP contribution in [0.4, 0.5) is 4.39 Å². The molecular formula is C38H43BrFN3O4. The Morgan fingerprint density at radius 2 is 1.77 bits per heavy atom. The van der Waals surface area contributed by atoms with Gasteiger partial charge in [0.2, 0.25) is 5.91 Å². The maximum absolute atomic E-state index is 14.5. The number of carbonyl (C=O) groups is 2. The van der Waals surface area contributed by atoms with E-state index in [2.05, 4.69) is 65.4 Å². The highest BCUT2D eigenvalue weighted by Gasteiger charge is 2.42. The van der Waals surface area contributed by atoms with Crippen molar-refractivity contribution < 1.29 is 23.5 Å². The van der Waals surface area contributed by atoms with E-state index in [4.69, 9.17) is 9.47 Å². The second kappa shape index (κ2) is 14.6. The second-order valence-corrected chi connectivity index (χ2v) is 13.8. The number of hydrogen-bond acceptors (Lipinski definition) is 5. The lowest BCUT2D eigenvalue weighted by Crippen LogP contribution is -2.62. The monoisotopic (exact) mass is 703 g/mol. The van der Waals surface area contributed by atoms with Gasteiger partial charge < -0.3 is 24.6 Å². The number of carbonyl (C=O) groups excluding carboxylic acids is 2. The molecule has 248 valence electrons. The fourth-order valence-corrected chi connectivity index (χ4v) is 6.96. The van der Waals surface area contributed by atoms with Gasteiger partial charge in [0.15, 0.2) is 0 Å². The summed E-state index contributed by atoms with van der Waals surface area (Å²) in [4.78, 5) is 30.8. The Hall–Kier alpha value is -3.69. The molecule has 2 aliphatic heterocycles. The number of ether oxygens (including phenoxy) is 2. The van der Waals surface area contributed by atoms with Crippen LogP contribution in [0.15, 0.2) is 70.7 Å². The molecule has 7 nitrogen and oxygen atoms in total. The standard InChI is InChI=1S/C38H43BrFN3O4/c1-24-6-14-32(19-25(24)2)46-18-16-43(31-12-13-31)38(45)37-33(21-30-22-42(26(3)44)23-35(37)41-30)28-9-7-27(8-10-28)5-4-17-47-36-20-29(40)11-15-34(36)39/h6-11,14-15,19-20,30-31,35,41H,4-5,12-13,16-18,21-23H2,1-3H3/t30-,35-/m1/s1. The highest BCUT2D eigenvalue weighted by Crippen LogP contribution is 2.37. The SMILES string of the molecule is CC(=O)N1C[C@H]2CC(c3ccc(CCCOc4cc(F)ccc4Br)cc3)=C(C(=O)N(CCOc3ccc(C)c(C)c3)C3CC3)[C@@H](C1)N2. The molecule has 0 aromatic heterocycles. The molecule has 2 bridgehead atoms. The lowest BCUT2D eigenvalue weighted by Gasteiger charge is -2.44. The fraction of sp³-hybridized carbons (Fsp3) is 0.421. The smallest absolute Gasteiger partial charge is 0.252 e. The molecule has 1 aliphatic carbocycles. The van der Waals surface area contributed by atoms with Crippen LogP contribution in [-0.4, -0.2) is 72.6 Å². The summed E-state index contributed by atoms with van der Waals surface area (Å²) in [5, 5.41) is 3.67. The van der Waals surface area contributed by atoms with Gasteiger partial charge in [0.25, 0.3) is 5.91 Å². The Bertz CT molecular complexity index is 1660. The molecule has 1 saturated carbocycles. The molecule has 1 saturated heterocycles. The van der Waals surface area contributed by atoms with Crippen molar-refractivity contribution in [3.63, 3.8) is 0 Å². The van der Waals surface area contributed by atoms with Crippen LogP contribution in [0.5, 0.6) is 11.5 Å². The average Bonchev–Trinajstić information content (AvgIpc) is 3.90. The van der Waals surface area contributed by atoms with E-state index in [9.17, 15) is 14.0 Å². The van der Waals surface area contributed by atoms with Gasteiger partial charge in [0, 0.05) is 43.7 Å². The van der Waals surface area contributed by atoms with Crippen molar-refractivity contribution in [1.29, 1.82) is 0 Å². The van der Waals surface area contributed by atoms with Gasteiger partial charge in [-0.25, -0.2) is 4.39 Å². The van der Waals surface area contributed by atoms with Gasteiger partial charge in [-0.05, 0) is 114 Å². The van der Waals surface area contributed by atoms with Gasteiger partial charge in [-0.1, -0.05) is 30.3 Å². The molecule has 3 aliphatic rings. The van der Waals surface area contributed by atoms with Crippen LogP contribution in [0.2, 0.25) is 0 Å². The van der Waals surface area contributed by atoms with E-state index < -0.39 is 0 Å². The Kier molecular flexibility index (Phi) is 10.3. The molecule has 2 fully saturated rings. The Morgan fingerprint density at radius 3 is 2.49 bits per heavy atom. The Morgan fingerprint density at radius 1 is 0.979 bits per heavy atom. The van der Waals surface area contributed by atoms with Gasteiger partial charge in [-0.2, -0.15) is 0 Å². The minimum atomic E-state index is -0.326. The van der Waals surface area contributed by atoms with Crippen LogP contribution in [0.25, 0.3) is 5.57 Å². The highest BCUT2D eigenvalue weighted by atomic mass is 79.9. The van der Waals surface area contributed by atoms with Crippen molar-refractivity contribution in [1.82, 2.24) is 15.1 Å². The van der Waals surface area contributed by atoms with Crippen LogP contribution < -0.4 is 14.8 Å². The normalized spacial score (nSPS) is 19.0. The third-order valence-corrected chi connectivity index (χ3v) is 10.1. The van der Waals surface area contributed by atoms with Crippen LogP contribution in [-0.2, 0) is 16.0 Å². The first-order chi connectivity index (χ1) is 22.7. The number of halogens is 2. The topological polar surface area (TPSA) is 71.1 Å². The van der Waals surface area contributed by atoms with Crippen LogP contribution >= 0.6 is 15.9 Å². The summed E-state index contributed by atoms with van der Waals surface area (Å²) in [6.07, 6.45) is 4.26. The number of amides is 2. The zero-order valence-electron chi connectivity index (χ0n) is 27.4. The van der Waals surface area contributed by atoms with E-state index in [0.717, 1.165) is 52.6 Å². The van der Waals surface area contributed by atoms with Crippen molar-refractivity contribution >= 4 is 33.3 Å². The van der Waals surface area contributed by atoms with Crippen molar-refractivity contribution in [2.75, 3.05) is 32.8 Å². The predicted molar refractivity (Wildman–Crippen MR) is 185 cm³/mol. The van der Waals surface area contributed by atoms with Crippen LogP contribution in [0.3, 0.4) is 0 Å². The molecule has 3 aromatic carbocycles. The van der Waals surface area contributed by atoms with E-state index in [1.54, 1.807) is 13.0 Å².